The molecule has 0 atom stereocenters. The minimum Gasteiger partial charge on any atom is -0.497 e. The number of piperidine rings is 1. The van der Waals surface area contributed by atoms with E-state index in [-0.39, 0.29) is 11.9 Å². The van der Waals surface area contributed by atoms with E-state index in [4.69, 9.17) is 9.47 Å². The number of fused-ring (bicyclic) bond motifs is 1. The molecule has 7 heteroatoms. The first-order valence-electron chi connectivity index (χ1n) is 9.35. The number of ether oxygens (including phenoxy) is 2. The highest BCUT2D eigenvalue weighted by molar-refractivity contribution is 5.98. The van der Waals surface area contributed by atoms with Crippen molar-refractivity contribution in [1.82, 2.24) is 15.5 Å². The van der Waals surface area contributed by atoms with Crippen molar-refractivity contribution in [3.63, 3.8) is 0 Å². The van der Waals surface area contributed by atoms with Crippen molar-refractivity contribution in [1.29, 1.82) is 0 Å². The van der Waals surface area contributed by atoms with Gasteiger partial charge in [0.1, 0.15) is 11.5 Å². The minimum atomic E-state index is -0.741. The van der Waals surface area contributed by atoms with E-state index < -0.39 is 5.72 Å². The zero-order chi connectivity index (χ0) is 19.6. The first-order chi connectivity index (χ1) is 13.6. The molecule has 1 saturated heterocycles. The second-order valence-corrected chi connectivity index (χ2v) is 7.04. The molecule has 0 unspecified atom stereocenters. The van der Waals surface area contributed by atoms with E-state index in [0.717, 1.165) is 11.3 Å². The molecule has 7 nitrogen and oxygen atoms in total. The summed E-state index contributed by atoms with van der Waals surface area (Å²) in [5, 5.41) is 5.92. The van der Waals surface area contributed by atoms with Gasteiger partial charge < -0.3 is 25.0 Å². The predicted molar refractivity (Wildman–Crippen MR) is 103 cm³/mol. The first kappa shape index (κ1) is 18.2. The van der Waals surface area contributed by atoms with E-state index in [1.165, 1.54) is 0 Å². The number of carbonyl (C=O) groups excluding carboxylic acids is 2. The van der Waals surface area contributed by atoms with Gasteiger partial charge in [0, 0.05) is 32.5 Å². The smallest absolute Gasteiger partial charge is 0.317 e. The van der Waals surface area contributed by atoms with Gasteiger partial charge in [-0.15, -0.1) is 0 Å². The number of carbonyl (C=O) groups is 2. The van der Waals surface area contributed by atoms with Crippen molar-refractivity contribution in [3.05, 3.63) is 59.7 Å². The van der Waals surface area contributed by atoms with E-state index in [1.54, 1.807) is 18.1 Å². The summed E-state index contributed by atoms with van der Waals surface area (Å²) in [4.78, 5) is 26.7. The van der Waals surface area contributed by atoms with Crippen molar-refractivity contribution >= 4 is 11.9 Å². The second-order valence-electron chi connectivity index (χ2n) is 7.04. The van der Waals surface area contributed by atoms with Crippen LogP contribution in [0.1, 0.15) is 28.8 Å². The van der Waals surface area contributed by atoms with Gasteiger partial charge in [-0.1, -0.05) is 24.3 Å². The van der Waals surface area contributed by atoms with Crippen molar-refractivity contribution in [2.24, 2.45) is 0 Å². The van der Waals surface area contributed by atoms with Crippen LogP contribution in [0, 0.1) is 0 Å². The van der Waals surface area contributed by atoms with Crippen molar-refractivity contribution in [2.45, 2.75) is 25.1 Å². The fraction of sp³-hybridized carbons (Fsp3) is 0.333. The van der Waals surface area contributed by atoms with E-state index in [2.05, 4.69) is 10.6 Å². The largest absolute Gasteiger partial charge is 0.497 e. The van der Waals surface area contributed by atoms with Gasteiger partial charge in [0.15, 0.2) is 5.72 Å². The third-order valence-electron chi connectivity index (χ3n) is 5.21. The number of hydrogen-bond acceptors (Lipinski definition) is 4. The van der Waals surface area contributed by atoms with Crippen molar-refractivity contribution in [2.75, 3.05) is 20.2 Å². The van der Waals surface area contributed by atoms with Gasteiger partial charge in [-0.2, -0.15) is 0 Å². The Morgan fingerprint density at radius 3 is 2.79 bits per heavy atom. The SMILES string of the molecule is COc1cccc(CNC(=O)N2CCC3(CC2)NC(=O)c2ccccc2O3)c1. The maximum absolute atomic E-state index is 12.5. The van der Waals surface area contributed by atoms with Crippen molar-refractivity contribution < 1.29 is 19.1 Å². The van der Waals surface area contributed by atoms with Crippen LogP contribution >= 0.6 is 0 Å². The molecule has 2 N–H and O–H groups in total. The molecule has 2 heterocycles. The molecule has 146 valence electrons. The average molecular weight is 381 g/mol. The van der Waals surface area contributed by atoms with Crippen LogP contribution < -0.4 is 20.1 Å². The Hall–Kier alpha value is -3.22. The topological polar surface area (TPSA) is 79.9 Å². The second kappa shape index (κ2) is 7.42. The molecule has 2 aromatic carbocycles. The highest BCUT2D eigenvalue weighted by Crippen LogP contribution is 2.33. The first-order valence-corrected chi connectivity index (χ1v) is 9.35. The number of amides is 3. The highest BCUT2D eigenvalue weighted by Gasteiger charge is 2.43. The fourth-order valence-electron chi connectivity index (χ4n) is 3.62. The van der Waals surface area contributed by atoms with Crippen LogP contribution in [0.3, 0.4) is 0 Å². The molecule has 0 bridgehead atoms. The Bertz CT molecular complexity index is 891. The van der Waals surface area contributed by atoms with Gasteiger partial charge in [0.25, 0.3) is 5.91 Å². The molecule has 4 rings (SSSR count). The summed E-state index contributed by atoms with van der Waals surface area (Å²) >= 11 is 0. The highest BCUT2D eigenvalue weighted by atomic mass is 16.5. The van der Waals surface area contributed by atoms with Crippen LogP contribution in [0.15, 0.2) is 48.5 Å². The normalized spacial score (nSPS) is 17.3. The average Bonchev–Trinajstić information content (AvgIpc) is 2.72. The maximum atomic E-state index is 12.5. The maximum Gasteiger partial charge on any atom is 0.317 e. The van der Waals surface area contributed by atoms with Gasteiger partial charge in [0.2, 0.25) is 0 Å². The van der Waals surface area contributed by atoms with Crippen LogP contribution in [0.5, 0.6) is 11.5 Å². The molecular formula is C21H23N3O4. The van der Waals surface area contributed by atoms with Gasteiger partial charge in [-0.3, -0.25) is 4.79 Å². The molecular weight excluding hydrogens is 358 g/mol. The number of benzene rings is 2. The molecule has 28 heavy (non-hydrogen) atoms. The number of para-hydroxylation sites is 1. The van der Waals surface area contributed by atoms with Crippen LogP contribution in [-0.4, -0.2) is 42.8 Å². The van der Waals surface area contributed by atoms with Crippen LogP contribution in [0.25, 0.3) is 0 Å². The summed E-state index contributed by atoms with van der Waals surface area (Å²) in [7, 11) is 1.62. The number of nitrogens with zero attached hydrogens (tertiary/aromatic N) is 1. The van der Waals surface area contributed by atoms with Crippen LogP contribution in [-0.2, 0) is 6.54 Å². The minimum absolute atomic E-state index is 0.125. The Labute approximate surface area is 163 Å². The number of hydrogen-bond donors (Lipinski definition) is 2. The van der Waals surface area contributed by atoms with E-state index in [0.29, 0.717) is 43.8 Å². The van der Waals surface area contributed by atoms with Crippen LogP contribution in [0.4, 0.5) is 4.79 Å². The van der Waals surface area contributed by atoms with Gasteiger partial charge in [-0.05, 0) is 29.8 Å². The Morgan fingerprint density at radius 2 is 2.00 bits per heavy atom. The molecule has 0 aliphatic carbocycles. The number of methoxy groups -OCH3 is 1. The fourth-order valence-corrected chi connectivity index (χ4v) is 3.62. The van der Waals surface area contributed by atoms with E-state index in [9.17, 15) is 9.59 Å². The molecule has 1 fully saturated rings. The summed E-state index contributed by atoms with van der Waals surface area (Å²) in [6.45, 7) is 1.44. The van der Waals surface area contributed by atoms with Gasteiger partial charge in [0.05, 0.1) is 12.7 Å². The monoisotopic (exact) mass is 381 g/mol. The summed E-state index contributed by atoms with van der Waals surface area (Å²) in [6, 6.07) is 14.7. The number of rotatable bonds is 3. The third-order valence-corrected chi connectivity index (χ3v) is 5.21. The van der Waals surface area contributed by atoms with E-state index in [1.807, 2.05) is 42.5 Å². The molecule has 2 aliphatic rings. The lowest BCUT2D eigenvalue weighted by atomic mass is 9.97. The quantitative estimate of drug-likeness (QED) is 0.856. The lowest BCUT2D eigenvalue weighted by Crippen LogP contribution is -2.62. The molecule has 0 saturated carbocycles. The van der Waals surface area contributed by atoms with E-state index >= 15 is 0 Å². The summed E-state index contributed by atoms with van der Waals surface area (Å²) in [5.74, 6) is 1.23. The number of nitrogens with one attached hydrogen (secondary N) is 2. The molecule has 2 aliphatic heterocycles. The predicted octanol–water partition coefficient (Wildman–Crippen LogP) is 2.52. The Balaban J connectivity index is 1.34. The Kier molecular flexibility index (Phi) is 4.81. The molecule has 3 amide bonds. The lowest BCUT2D eigenvalue weighted by Gasteiger charge is -2.44. The summed E-state index contributed by atoms with van der Waals surface area (Å²) in [6.07, 6.45) is 1.08. The van der Waals surface area contributed by atoms with Crippen molar-refractivity contribution in [3.8, 4) is 11.5 Å². The summed E-state index contributed by atoms with van der Waals surface area (Å²) < 4.78 is 11.3. The zero-order valence-electron chi connectivity index (χ0n) is 15.7. The Morgan fingerprint density at radius 1 is 1.21 bits per heavy atom. The number of urea groups is 1. The standard InChI is InChI=1S/C21H23N3O4/c1-27-16-6-4-5-15(13-16)14-22-20(26)24-11-9-21(10-12-24)23-19(25)17-7-2-3-8-18(17)28-21/h2-8,13H,9-12,14H2,1H3,(H,22,26)(H,23,25). The lowest BCUT2D eigenvalue weighted by molar-refractivity contribution is -0.0212. The van der Waals surface area contributed by atoms with Gasteiger partial charge in [-0.25, -0.2) is 4.79 Å². The third kappa shape index (κ3) is 3.60. The zero-order valence-corrected chi connectivity index (χ0v) is 15.7. The van der Waals surface area contributed by atoms with Crippen LogP contribution in [0.2, 0.25) is 0 Å². The molecule has 0 radical (unpaired) electrons. The van der Waals surface area contributed by atoms with Gasteiger partial charge >= 0.3 is 6.03 Å². The number of likely N-dealkylation sites (tertiary alicyclic amines) is 1. The molecule has 2 aromatic rings. The summed E-state index contributed by atoms with van der Waals surface area (Å²) in [5.41, 5.74) is 0.780. The molecule has 0 aromatic heterocycles. The molecule has 1 spiro atoms.